The molecule has 0 atom stereocenters. The summed E-state index contributed by atoms with van der Waals surface area (Å²) >= 11 is 11.7. The summed E-state index contributed by atoms with van der Waals surface area (Å²) in [5.74, 6) is 0.331. The molecular weight excluding hydrogens is 247 g/mol. The zero-order valence-electron chi connectivity index (χ0n) is 9.56. The van der Waals surface area contributed by atoms with Crippen LogP contribution >= 0.6 is 23.2 Å². The van der Waals surface area contributed by atoms with Gasteiger partial charge in [-0.1, -0.05) is 11.6 Å². The van der Waals surface area contributed by atoms with Gasteiger partial charge in [-0.3, -0.25) is 4.79 Å². The molecule has 0 amide bonds. The molecule has 0 N–H and O–H groups in total. The number of alkyl halides is 1. The maximum atomic E-state index is 11.7. The van der Waals surface area contributed by atoms with E-state index >= 15 is 0 Å². The number of carbonyl (C=O) groups excluding carboxylic acids is 1. The van der Waals surface area contributed by atoms with Gasteiger partial charge in [0.25, 0.3) is 0 Å². The van der Waals surface area contributed by atoms with E-state index in [1.165, 1.54) is 0 Å². The van der Waals surface area contributed by atoms with Crippen molar-refractivity contribution in [2.75, 3.05) is 12.5 Å². The van der Waals surface area contributed by atoms with Crippen LogP contribution in [0.15, 0.2) is 6.07 Å². The Bertz CT molecular complexity index is 414. The number of rotatable bonds is 4. The van der Waals surface area contributed by atoms with Crippen LogP contribution in [0, 0.1) is 13.8 Å². The molecule has 0 unspecified atom stereocenters. The summed E-state index contributed by atoms with van der Waals surface area (Å²) < 4.78 is 5.44. The molecule has 0 aliphatic heterocycles. The molecule has 4 heteroatoms. The van der Waals surface area contributed by atoms with Gasteiger partial charge in [-0.05, 0) is 38.0 Å². The fourth-order valence-corrected chi connectivity index (χ4v) is 1.89. The van der Waals surface area contributed by atoms with Crippen LogP contribution in [0.25, 0.3) is 0 Å². The molecule has 2 nitrogen and oxygen atoms in total. The molecule has 0 aliphatic carbocycles. The highest BCUT2D eigenvalue weighted by molar-refractivity contribution is 6.34. The lowest BCUT2D eigenvalue weighted by atomic mass is 10.0. The predicted molar refractivity (Wildman–Crippen MR) is 67.1 cm³/mol. The van der Waals surface area contributed by atoms with E-state index in [2.05, 4.69) is 0 Å². The first-order valence-corrected chi connectivity index (χ1v) is 5.95. The average molecular weight is 261 g/mol. The van der Waals surface area contributed by atoms with Gasteiger partial charge in [0.15, 0.2) is 5.78 Å². The van der Waals surface area contributed by atoms with Crippen molar-refractivity contribution < 1.29 is 9.53 Å². The van der Waals surface area contributed by atoms with Crippen molar-refractivity contribution in [2.24, 2.45) is 0 Å². The summed E-state index contributed by atoms with van der Waals surface area (Å²) in [6.07, 6.45) is 0. The molecule has 0 aliphatic rings. The standard InChI is InChI=1S/C12H14Cl2O2/c1-4-16-10-5-7(2)12(14)8(3)11(10)9(15)6-13/h5H,4,6H2,1-3H3. The number of hydrogen-bond acceptors (Lipinski definition) is 2. The molecule has 0 saturated carbocycles. The van der Waals surface area contributed by atoms with Gasteiger partial charge in [-0.15, -0.1) is 11.6 Å². The Labute approximate surface area is 106 Å². The Hall–Kier alpha value is -0.730. The highest BCUT2D eigenvalue weighted by Gasteiger charge is 2.18. The molecular formula is C12H14Cl2O2. The van der Waals surface area contributed by atoms with E-state index in [9.17, 15) is 4.79 Å². The minimum Gasteiger partial charge on any atom is -0.493 e. The lowest BCUT2D eigenvalue weighted by Crippen LogP contribution is -2.08. The van der Waals surface area contributed by atoms with Gasteiger partial charge in [-0.2, -0.15) is 0 Å². The van der Waals surface area contributed by atoms with Gasteiger partial charge in [0.1, 0.15) is 5.75 Å². The second-order valence-electron chi connectivity index (χ2n) is 3.50. The van der Waals surface area contributed by atoms with Crippen LogP contribution in [-0.4, -0.2) is 18.3 Å². The Morgan fingerprint density at radius 1 is 1.44 bits per heavy atom. The lowest BCUT2D eigenvalue weighted by molar-refractivity contribution is 0.101. The van der Waals surface area contributed by atoms with E-state index in [0.717, 1.165) is 11.1 Å². The van der Waals surface area contributed by atoms with Crippen LogP contribution in [0.3, 0.4) is 0 Å². The fraction of sp³-hybridized carbons (Fsp3) is 0.417. The van der Waals surface area contributed by atoms with Crippen molar-refractivity contribution in [3.05, 3.63) is 27.8 Å². The van der Waals surface area contributed by atoms with Crippen LogP contribution in [0.4, 0.5) is 0 Å². The molecule has 0 fully saturated rings. The van der Waals surface area contributed by atoms with Crippen LogP contribution in [0.5, 0.6) is 5.75 Å². The van der Waals surface area contributed by atoms with Gasteiger partial charge in [0, 0.05) is 5.02 Å². The molecule has 0 bridgehead atoms. The maximum absolute atomic E-state index is 11.7. The Balaban J connectivity index is 3.41. The Morgan fingerprint density at radius 3 is 2.56 bits per heavy atom. The molecule has 0 aromatic heterocycles. The number of hydrogen-bond donors (Lipinski definition) is 0. The number of carbonyl (C=O) groups is 1. The summed E-state index contributed by atoms with van der Waals surface area (Å²) in [5, 5.41) is 0.594. The number of ketones is 1. The van der Waals surface area contributed by atoms with Gasteiger partial charge >= 0.3 is 0 Å². The summed E-state index contributed by atoms with van der Waals surface area (Å²) in [4.78, 5) is 11.7. The number of benzene rings is 1. The molecule has 16 heavy (non-hydrogen) atoms. The van der Waals surface area contributed by atoms with Gasteiger partial charge in [-0.25, -0.2) is 0 Å². The SMILES string of the molecule is CCOc1cc(C)c(Cl)c(C)c1C(=O)CCl. The number of halogens is 2. The van der Waals surface area contributed by atoms with Crippen molar-refractivity contribution in [1.29, 1.82) is 0 Å². The normalized spacial score (nSPS) is 10.3. The third-order valence-corrected chi connectivity index (χ3v) is 3.17. The highest BCUT2D eigenvalue weighted by atomic mass is 35.5. The molecule has 0 radical (unpaired) electrons. The molecule has 0 heterocycles. The largest absolute Gasteiger partial charge is 0.493 e. The Morgan fingerprint density at radius 2 is 2.06 bits per heavy atom. The third-order valence-electron chi connectivity index (χ3n) is 2.34. The van der Waals surface area contributed by atoms with Crippen LogP contribution in [-0.2, 0) is 0 Å². The predicted octanol–water partition coefficient (Wildman–Crippen LogP) is 3.78. The molecule has 1 rings (SSSR count). The monoisotopic (exact) mass is 260 g/mol. The van der Waals surface area contributed by atoms with Crippen LogP contribution in [0.1, 0.15) is 28.4 Å². The summed E-state index contributed by atoms with van der Waals surface area (Å²) in [6.45, 7) is 6.06. The molecule has 88 valence electrons. The maximum Gasteiger partial charge on any atom is 0.181 e. The first-order chi connectivity index (χ1) is 7.52. The fourth-order valence-electron chi connectivity index (χ4n) is 1.61. The smallest absolute Gasteiger partial charge is 0.181 e. The highest BCUT2D eigenvalue weighted by Crippen LogP contribution is 2.32. The second kappa shape index (κ2) is 5.55. The van der Waals surface area contributed by atoms with Crippen LogP contribution < -0.4 is 4.74 Å². The quantitative estimate of drug-likeness (QED) is 0.609. The first-order valence-electron chi connectivity index (χ1n) is 5.04. The summed E-state index contributed by atoms with van der Waals surface area (Å²) in [5.41, 5.74) is 2.12. The Kier molecular flexibility index (Phi) is 4.63. The number of ether oxygens (including phenoxy) is 1. The molecule has 1 aromatic rings. The minimum atomic E-state index is -0.162. The molecule has 1 aromatic carbocycles. The second-order valence-corrected chi connectivity index (χ2v) is 4.14. The van der Waals surface area contributed by atoms with Gasteiger partial charge in [0.05, 0.1) is 18.1 Å². The summed E-state index contributed by atoms with van der Waals surface area (Å²) in [6, 6.07) is 1.78. The van der Waals surface area contributed by atoms with E-state index in [0.29, 0.717) is 22.9 Å². The van der Waals surface area contributed by atoms with Crippen LogP contribution in [0.2, 0.25) is 5.02 Å². The van der Waals surface area contributed by atoms with Crippen molar-refractivity contribution in [3.8, 4) is 5.75 Å². The van der Waals surface area contributed by atoms with E-state index in [1.54, 1.807) is 13.0 Å². The minimum absolute atomic E-state index is 0.0691. The molecule has 0 saturated heterocycles. The molecule has 0 spiro atoms. The zero-order chi connectivity index (χ0) is 12.3. The zero-order valence-corrected chi connectivity index (χ0v) is 11.1. The van der Waals surface area contributed by atoms with Crippen molar-refractivity contribution in [3.63, 3.8) is 0 Å². The number of Topliss-reactive ketones (excluding diaryl/α,β-unsaturated/α-hetero) is 1. The number of aryl methyl sites for hydroxylation is 1. The third kappa shape index (κ3) is 2.50. The van der Waals surface area contributed by atoms with Gasteiger partial charge < -0.3 is 4.74 Å². The van der Waals surface area contributed by atoms with E-state index < -0.39 is 0 Å². The van der Waals surface area contributed by atoms with E-state index in [1.807, 2.05) is 13.8 Å². The van der Waals surface area contributed by atoms with Crippen molar-refractivity contribution >= 4 is 29.0 Å². The van der Waals surface area contributed by atoms with E-state index in [-0.39, 0.29) is 11.7 Å². The van der Waals surface area contributed by atoms with Crippen molar-refractivity contribution in [1.82, 2.24) is 0 Å². The van der Waals surface area contributed by atoms with Gasteiger partial charge in [0.2, 0.25) is 0 Å². The first kappa shape index (κ1) is 13.3. The van der Waals surface area contributed by atoms with E-state index in [4.69, 9.17) is 27.9 Å². The average Bonchev–Trinajstić information content (AvgIpc) is 2.26. The lowest BCUT2D eigenvalue weighted by Gasteiger charge is -2.14. The topological polar surface area (TPSA) is 26.3 Å². The summed E-state index contributed by atoms with van der Waals surface area (Å²) in [7, 11) is 0. The van der Waals surface area contributed by atoms with Crippen molar-refractivity contribution in [2.45, 2.75) is 20.8 Å².